The van der Waals surface area contributed by atoms with Gasteiger partial charge < -0.3 is 15.0 Å². The predicted molar refractivity (Wildman–Crippen MR) is 121 cm³/mol. The molecular weight excluding hydrogens is 482 g/mol. The highest BCUT2D eigenvalue weighted by molar-refractivity contribution is 5.94. The molecule has 1 amide bonds. The van der Waals surface area contributed by atoms with Crippen LogP contribution in [0.25, 0.3) is 22.5 Å². The summed E-state index contributed by atoms with van der Waals surface area (Å²) in [6.07, 6.45) is 3.48. The second-order valence-electron chi connectivity index (χ2n) is 7.37. The van der Waals surface area contributed by atoms with Crippen LogP contribution in [0.2, 0.25) is 0 Å². The number of pyridine rings is 1. The lowest BCUT2D eigenvalue weighted by molar-refractivity contribution is -0.192. The minimum absolute atomic E-state index is 0.173. The van der Waals surface area contributed by atoms with Gasteiger partial charge in [0.15, 0.2) is 5.82 Å². The standard InChI is InChI=1S/C22H18FN5O.C2HF3O2/c1-28-14-17(10-20(28)22(29)27-11-15-5-7-24-8-6-15)18-12-25-21(26-13-18)16-3-2-4-19(23)9-16;3-2(4,5)1(6)7/h2-10,12-14H,11H2,1H3,(H,27,29);(H,6,7). The van der Waals surface area contributed by atoms with Crippen molar-refractivity contribution in [3.8, 4) is 22.5 Å². The topological polar surface area (TPSA) is 110 Å². The SMILES string of the molecule is Cn1cc(-c2cnc(-c3cccc(F)c3)nc2)cc1C(=O)NCc1ccncc1.O=C(O)C(F)(F)F. The quantitative estimate of drug-likeness (QED) is 0.396. The number of carboxylic acids is 1. The number of halogens is 4. The first-order valence-corrected chi connectivity index (χ1v) is 10.3. The molecule has 4 aromatic rings. The van der Waals surface area contributed by atoms with Crippen LogP contribution in [-0.4, -0.2) is 42.7 Å². The lowest BCUT2D eigenvalue weighted by Gasteiger charge is -2.05. The fraction of sp³-hybridized carbons (Fsp3) is 0.125. The Bertz CT molecular complexity index is 1340. The van der Waals surface area contributed by atoms with E-state index < -0.39 is 12.1 Å². The lowest BCUT2D eigenvalue weighted by atomic mass is 10.1. The second kappa shape index (κ2) is 11.2. The molecule has 0 saturated heterocycles. The number of nitrogens with zero attached hydrogens (tertiary/aromatic N) is 4. The highest BCUT2D eigenvalue weighted by Gasteiger charge is 2.38. The number of benzene rings is 1. The van der Waals surface area contributed by atoms with Crippen LogP contribution >= 0.6 is 0 Å². The van der Waals surface area contributed by atoms with Crippen molar-refractivity contribution in [2.24, 2.45) is 7.05 Å². The second-order valence-corrected chi connectivity index (χ2v) is 7.37. The average molecular weight is 501 g/mol. The molecule has 0 atom stereocenters. The molecule has 0 saturated carbocycles. The average Bonchev–Trinajstić information content (AvgIpc) is 3.25. The van der Waals surface area contributed by atoms with E-state index >= 15 is 0 Å². The number of carbonyl (C=O) groups excluding carboxylic acids is 1. The largest absolute Gasteiger partial charge is 0.490 e. The normalized spacial score (nSPS) is 10.8. The summed E-state index contributed by atoms with van der Waals surface area (Å²) in [6.45, 7) is 0.424. The summed E-state index contributed by atoms with van der Waals surface area (Å²) in [6, 6.07) is 11.7. The fourth-order valence-corrected chi connectivity index (χ4v) is 2.98. The summed E-state index contributed by atoms with van der Waals surface area (Å²) in [5, 5.41) is 10.0. The Morgan fingerprint density at radius 2 is 1.64 bits per heavy atom. The zero-order valence-corrected chi connectivity index (χ0v) is 18.7. The first-order chi connectivity index (χ1) is 17.0. The van der Waals surface area contributed by atoms with Gasteiger partial charge in [-0.3, -0.25) is 9.78 Å². The summed E-state index contributed by atoms with van der Waals surface area (Å²) < 4.78 is 46.9. The van der Waals surface area contributed by atoms with Crippen LogP contribution in [0.4, 0.5) is 17.6 Å². The molecule has 36 heavy (non-hydrogen) atoms. The molecule has 0 radical (unpaired) electrons. The number of carboxylic acid groups (broad SMARTS) is 1. The Morgan fingerprint density at radius 3 is 2.22 bits per heavy atom. The molecule has 3 aromatic heterocycles. The third-order valence-corrected chi connectivity index (χ3v) is 4.75. The van der Waals surface area contributed by atoms with E-state index in [2.05, 4.69) is 20.3 Å². The first kappa shape index (κ1) is 26.0. The molecule has 2 N–H and O–H groups in total. The zero-order valence-electron chi connectivity index (χ0n) is 18.7. The minimum atomic E-state index is -5.08. The van der Waals surface area contributed by atoms with E-state index in [1.807, 2.05) is 25.4 Å². The van der Waals surface area contributed by atoms with Gasteiger partial charge in [-0.1, -0.05) is 12.1 Å². The molecule has 0 spiro atoms. The van der Waals surface area contributed by atoms with Crippen molar-refractivity contribution in [1.82, 2.24) is 24.8 Å². The summed E-state index contributed by atoms with van der Waals surface area (Å²) in [5.41, 5.74) is 3.72. The van der Waals surface area contributed by atoms with Gasteiger partial charge in [0.05, 0.1) is 0 Å². The molecule has 12 heteroatoms. The van der Waals surface area contributed by atoms with Crippen LogP contribution in [0.1, 0.15) is 16.1 Å². The Hall–Kier alpha value is -4.61. The maximum absolute atomic E-state index is 13.4. The van der Waals surface area contributed by atoms with Crippen LogP contribution in [0, 0.1) is 5.82 Å². The number of hydrogen-bond donors (Lipinski definition) is 2. The third-order valence-electron chi connectivity index (χ3n) is 4.75. The lowest BCUT2D eigenvalue weighted by Crippen LogP contribution is -2.24. The van der Waals surface area contributed by atoms with Crippen molar-refractivity contribution in [3.63, 3.8) is 0 Å². The Kier molecular flexibility index (Phi) is 8.10. The van der Waals surface area contributed by atoms with Crippen LogP contribution in [0.5, 0.6) is 0 Å². The van der Waals surface area contributed by atoms with Crippen LogP contribution in [-0.2, 0) is 18.4 Å². The van der Waals surface area contributed by atoms with E-state index in [0.29, 0.717) is 23.6 Å². The van der Waals surface area contributed by atoms with Crippen LogP contribution in [0.3, 0.4) is 0 Å². The number of aliphatic carboxylic acids is 1. The highest BCUT2D eigenvalue weighted by atomic mass is 19.4. The minimum Gasteiger partial charge on any atom is -0.475 e. The molecule has 0 unspecified atom stereocenters. The molecule has 0 aliphatic rings. The predicted octanol–water partition coefficient (Wildman–Crippen LogP) is 4.25. The van der Waals surface area contributed by atoms with Crippen molar-refractivity contribution in [1.29, 1.82) is 0 Å². The molecule has 0 aliphatic carbocycles. The maximum Gasteiger partial charge on any atom is 0.490 e. The van der Waals surface area contributed by atoms with Gasteiger partial charge in [0, 0.05) is 61.3 Å². The Balaban J connectivity index is 0.000000454. The fourth-order valence-electron chi connectivity index (χ4n) is 2.98. The van der Waals surface area contributed by atoms with Gasteiger partial charge in [-0.25, -0.2) is 19.2 Å². The highest BCUT2D eigenvalue weighted by Crippen LogP contribution is 2.23. The summed E-state index contributed by atoms with van der Waals surface area (Å²) in [4.78, 5) is 34.1. The molecule has 4 rings (SSSR count). The third kappa shape index (κ3) is 6.95. The summed E-state index contributed by atoms with van der Waals surface area (Å²) in [7, 11) is 1.81. The first-order valence-electron chi connectivity index (χ1n) is 10.3. The number of alkyl halides is 3. The molecule has 0 bridgehead atoms. The number of rotatable bonds is 5. The van der Waals surface area contributed by atoms with Crippen molar-refractivity contribution >= 4 is 11.9 Å². The molecule has 1 aromatic carbocycles. The molecule has 186 valence electrons. The van der Waals surface area contributed by atoms with Gasteiger partial charge >= 0.3 is 12.1 Å². The molecule has 0 fully saturated rings. The molecule has 8 nitrogen and oxygen atoms in total. The molecule has 0 aliphatic heterocycles. The smallest absolute Gasteiger partial charge is 0.475 e. The number of hydrogen-bond acceptors (Lipinski definition) is 5. The molecular formula is C24H19F4N5O3. The van der Waals surface area contributed by atoms with E-state index in [1.165, 1.54) is 12.1 Å². The van der Waals surface area contributed by atoms with Gasteiger partial charge in [-0.15, -0.1) is 0 Å². The van der Waals surface area contributed by atoms with Crippen molar-refractivity contribution in [2.45, 2.75) is 12.7 Å². The van der Waals surface area contributed by atoms with Gasteiger partial charge in [0.25, 0.3) is 5.91 Å². The van der Waals surface area contributed by atoms with E-state index in [4.69, 9.17) is 9.90 Å². The molecule has 3 heterocycles. The summed E-state index contributed by atoms with van der Waals surface area (Å²) in [5.74, 6) is -2.82. The van der Waals surface area contributed by atoms with E-state index in [0.717, 1.165) is 16.7 Å². The zero-order chi connectivity index (χ0) is 26.3. The van der Waals surface area contributed by atoms with Crippen molar-refractivity contribution in [3.05, 3.63) is 90.5 Å². The van der Waals surface area contributed by atoms with Crippen LogP contribution < -0.4 is 5.32 Å². The van der Waals surface area contributed by atoms with E-state index in [-0.39, 0.29) is 11.7 Å². The van der Waals surface area contributed by atoms with Crippen molar-refractivity contribution < 1.29 is 32.3 Å². The number of nitrogens with one attached hydrogen (secondary N) is 1. The number of aryl methyl sites for hydroxylation is 1. The number of amides is 1. The Labute approximate surface area is 202 Å². The van der Waals surface area contributed by atoms with Crippen molar-refractivity contribution in [2.75, 3.05) is 0 Å². The van der Waals surface area contributed by atoms with Crippen LogP contribution in [0.15, 0.2) is 73.4 Å². The van der Waals surface area contributed by atoms with E-state index in [1.54, 1.807) is 47.6 Å². The van der Waals surface area contributed by atoms with Gasteiger partial charge in [0.1, 0.15) is 11.5 Å². The van der Waals surface area contributed by atoms with E-state index in [9.17, 15) is 22.4 Å². The van der Waals surface area contributed by atoms with Gasteiger partial charge in [0.2, 0.25) is 0 Å². The summed E-state index contributed by atoms with van der Waals surface area (Å²) >= 11 is 0. The Morgan fingerprint density at radius 1 is 1.00 bits per heavy atom. The monoisotopic (exact) mass is 501 g/mol. The van der Waals surface area contributed by atoms with Gasteiger partial charge in [-0.2, -0.15) is 13.2 Å². The maximum atomic E-state index is 13.4. The number of aromatic nitrogens is 4. The number of carbonyl (C=O) groups is 2. The van der Waals surface area contributed by atoms with Gasteiger partial charge in [-0.05, 0) is 35.9 Å².